The van der Waals surface area contributed by atoms with E-state index in [0.29, 0.717) is 37.2 Å². The van der Waals surface area contributed by atoms with Gasteiger partial charge in [0, 0.05) is 39.9 Å². The molecule has 11 heteroatoms. The predicted octanol–water partition coefficient (Wildman–Crippen LogP) is 7.99. The number of aromatic nitrogens is 1. The molecule has 41 heavy (non-hydrogen) atoms. The van der Waals surface area contributed by atoms with E-state index < -0.39 is 10.1 Å². The summed E-state index contributed by atoms with van der Waals surface area (Å²) in [5.41, 5.74) is 1.48. The Hall–Kier alpha value is -2.14. The van der Waals surface area contributed by atoms with Gasteiger partial charge in [-0.05, 0) is 36.0 Å². The monoisotopic (exact) mass is 643 g/mol. The highest BCUT2D eigenvalue weighted by atomic mass is 35.5. The summed E-state index contributed by atoms with van der Waals surface area (Å²) < 4.78 is 30.7. The van der Waals surface area contributed by atoms with Crippen LogP contribution >= 0.6 is 34.5 Å². The summed E-state index contributed by atoms with van der Waals surface area (Å²) in [6.45, 7) is 16.2. The third kappa shape index (κ3) is 15.6. The molecule has 7 nitrogen and oxygen atoms in total. The lowest BCUT2D eigenvalue weighted by atomic mass is 9.99. The maximum atomic E-state index is 12.5. The minimum Gasteiger partial charge on any atom is -0.381 e. The number of halogens is 2. The van der Waals surface area contributed by atoms with Crippen LogP contribution in [0.3, 0.4) is 0 Å². The lowest BCUT2D eigenvalue weighted by Gasteiger charge is -2.16. The standard InChI is InChI=1S/C17H9Cl2NO2S.C7H16O.C6H14O3S/c18-12-5-6-14(19)13(9-12)15(21)10-1-3-11(4-2-10)16(22)17-20-7-8-23-17;1-5-8-6-7(2,3)4;1-6(2,3)5-9-10(4,7)8/h1-9H;5-6H2,1-4H3;5H2,1-4H3. The Balaban J connectivity index is 0.000000388. The Morgan fingerprint density at radius 2 is 1.41 bits per heavy atom. The second kappa shape index (κ2) is 16.5. The van der Waals surface area contributed by atoms with Gasteiger partial charge in [-0.25, -0.2) is 4.98 Å². The van der Waals surface area contributed by atoms with Crippen molar-refractivity contribution in [1.29, 1.82) is 0 Å². The number of benzene rings is 2. The van der Waals surface area contributed by atoms with Gasteiger partial charge in [0.25, 0.3) is 10.1 Å². The first-order valence-electron chi connectivity index (χ1n) is 12.8. The largest absolute Gasteiger partial charge is 0.381 e. The van der Waals surface area contributed by atoms with Crippen molar-refractivity contribution in [2.45, 2.75) is 48.5 Å². The fourth-order valence-corrected chi connectivity index (χ4v) is 4.29. The zero-order valence-corrected chi connectivity index (χ0v) is 27.9. The Morgan fingerprint density at radius 1 is 0.878 bits per heavy atom. The van der Waals surface area contributed by atoms with Crippen LogP contribution in [0.5, 0.6) is 0 Å². The number of carbonyl (C=O) groups excluding carboxylic acids is 2. The molecule has 1 heterocycles. The smallest absolute Gasteiger partial charge is 0.264 e. The van der Waals surface area contributed by atoms with Crippen LogP contribution in [0, 0.1) is 10.8 Å². The van der Waals surface area contributed by atoms with Crippen LogP contribution in [0.4, 0.5) is 0 Å². The lowest BCUT2D eigenvalue weighted by molar-refractivity contribution is 0.0805. The summed E-state index contributed by atoms with van der Waals surface area (Å²) in [6.07, 6.45) is 2.63. The molecule has 0 amide bonds. The molecule has 0 N–H and O–H groups in total. The summed E-state index contributed by atoms with van der Waals surface area (Å²) in [6, 6.07) is 11.1. The van der Waals surface area contributed by atoms with Gasteiger partial charge in [-0.3, -0.25) is 13.8 Å². The second-order valence-corrected chi connectivity index (χ2v) is 14.8. The predicted molar refractivity (Wildman–Crippen MR) is 168 cm³/mol. The van der Waals surface area contributed by atoms with Gasteiger partial charge in [0.1, 0.15) is 0 Å². The number of hydrogen-bond donors (Lipinski definition) is 0. The third-order valence-electron chi connectivity index (χ3n) is 4.65. The summed E-state index contributed by atoms with van der Waals surface area (Å²) >= 11 is 13.2. The Kier molecular flexibility index (Phi) is 14.8. The normalized spacial score (nSPS) is 11.6. The van der Waals surface area contributed by atoms with Gasteiger partial charge in [-0.2, -0.15) is 8.42 Å². The Morgan fingerprint density at radius 3 is 1.80 bits per heavy atom. The van der Waals surface area contributed by atoms with E-state index in [1.165, 1.54) is 17.4 Å². The van der Waals surface area contributed by atoms with Crippen LogP contribution in [-0.4, -0.2) is 51.0 Å². The summed E-state index contributed by atoms with van der Waals surface area (Å²) in [7, 11) is -3.26. The molecule has 0 aliphatic heterocycles. The topological polar surface area (TPSA) is 99.6 Å². The van der Waals surface area contributed by atoms with Crippen molar-refractivity contribution in [2.75, 3.05) is 26.1 Å². The first-order chi connectivity index (χ1) is 18.8. The van der Waals surface area contributed by atoms with Crippen molar-refractivity contribution in [3.63, 3.8) is 0 Å². The van der Waals surface area contributed by atoms with Crippen molar-refractivity contribution in [3.05, 3.63) is 85.8 Å². The Bertz CT molecular complexity index is 1360. The van der Waals surface area contributed by atoms with E-state index in [1.807, 2.05) is 27.7 Å². The van der Waals surface area contributed by atoms with Crippen LogP contribution in [0.1, 0.15) is 79.8 Å². The van der Waals surface area contributed by atoms with Gasteiger partial charge < -0.3 is 4.74 Å². The quantitative estimate of drug-likeness (QED) is 0.181. The van der Waals surface area contributed by atoms with E-state index in [-0.39, 0.29) is 23.6 Å². The van der Waals surface area contributed by atoms with E-state index in [1.54, 1.807) is 48.0 Å². The van der Waals surface area contributed by atoms with Crippen molar-refractivity contribution in [3.8, 4) is 0 Å². The third-order valence-corrected chi connectivity index (χ3v) is 6.54. The fourth-order valence-electron chi connectivity index (χ4n) is 2.75. The molecule has 1 aromatic heterocycles. The number of ether oxygens (including phenoxy) is 1. The SMILES string of the molecule is CC(C)(C)COS(C)(=O)=O.CCOCC(C)(C)C.O=C(c1ccc(C(=O)c2cc(Cl)ccc2Cl)cc1)c1nccs1. The summed E-state index contributed by atoms with van der Waals surface area (Å²) in [5.74, 6) is -0.412. The molecule has 0 radical (unpaired) electrons. The van der Waals surface area contributed by atoms with Crippen molar-refractivity contribution in [2.24, 2.45) is 10.8 Å². The van der Waals surface area contributed by atoms with Crippen LogP contribution in [0.15, 0.2) is 54.0 Å². The van der Waals surface area contributed by atoms with Gasteiger partial charge in [-0.1, -0.05) is 89.0 Å². The number of hydrogen-bond acceptors (Lipinski definition) is 8. The van der Waals surface area contributed by atoms with Gasteiger partial charge >= 0.3 is 0 Å². The van der Waals surface area contributed by atoms with E-state index >= 15 is 0 Å². The average molecular weight is 645 g/mol. The Labute approximate surface area is 258 Å². The number of ketones is 2. The minimum atomic E-state index is -3.26. The second-order valence-electron chi connectivity index (χ2n) is 11.4. The molecule has 0 atom stereocenters. The zero-order valence-electron chi connectivity index (χ0n) is 24.8. The van der Waals surface area contributed by atoms with Crippen LogP contribution in [0.25, 0.3) is 0 Å². The van der Waals surface area contributed by atoms with Gasteiger partial charge in [0.15, 0.2) is 10.8 Å². The van der Waals surface area contributed by atoms with E-state index in [0.717, 1.165) is 19.5 Å². The van der Waals surface area contributed by atoms with E-state index in [2.05, 4.69) is 29.9 Å². The number of nitrogens with zero attached hydrogens (tertiary/aromatic N) is 1. The summed E-state index contributed by atoms with van der Waals surface area (Å²) in [4.78, 5) is 28.7. The molecule has 0 aliphatic carbocycles. The van der Waals surface area contributed by atoms with Crippen molar-refractivity contribution in [1.82, 2.24) is 4.98 Å². The van der Waals surface area contributed by atoms with E-state index in [9.17, 15) is 18.0 Å². The van der Waals surface area contributed by atoms with Crippen LogP contribution < -0.4 is 0 Å². The maximum absolute atomic E-state index is 12.5. The number of carbonyl (C=O) groups is 2. The van der Waals surface area contributed by atoms with E-state index in [4.69, 9.17) is 27.9 Å². The molecule has 3 aromatic rings. The summed E-state index contributed by atoms with van der Waals surface area (Å²) in [5, 5.41) is 2.93. The van der Waals surface area contributed by atoms with Crippen molar-refractivity contribution < 1.29 is 26.9 Å². The lowest BCUT2D eigenvalue weighted by Crippen LogP contribution is -2.17. The van der Waals surface area contributed by atoms with Gasteiger partial charge in [0.2, 0.25) is 5.78 Å². The molecular formula is C30H39Cl2NO6S2. The highest BCUT2D eigenvalue weighted by Gasteiger charge is 2.16. The van der Waals surface area contributed by atoms with Gasteiger partial charge in [0.05, 0.1) is 24.5 Å². The molecule has 0 saturated carbocycles. The maximum Gasteiger partial charge on any atom is 0.264 e. The number of rotatable bonds is 8. The van der Waals surface area contributed by atoms with Crippen LogP contribution in [0.2, 0.25) is 10.0 Å². The molecule has 2 aromatic carbocycles. The van der Waals surface area contributed by atoms with Crippen molar-refractivity contribution >= 4 is 56.2 Å². The molecule has 0 unspecified atom stereocenters. The highest BCUT2D eigenvalue weighted by molar-refractivity contribution is 7.85. The first kappa shape index (κ1) is 36.9. The van der Waals surface area contributed by atoms with Crippen LogP contribution in [-0.2, 0) is 19.0 Å². The molecule has 226 valence electrons. The molecular weight excluding hydrogens is 605 g/mol. The highest BCUT2D eigenvalue weighted by Crippen LogP contribution is 2.24. The average Bonchev–Trinajstić information content (AvgIpc) is 3.42. The molecule has 0 saturated heterocycles. The molecule has 0 fully saturated rings. The molecule has 3 rings (SSSR count). The fraction of sp³-hybridized carbons (Fsp3) is 0.433. The van der Waals surface area contributed by atoms with Gasteiger partial charge in [-0.15, -0.1) is 11.3 Å². The molecule has 0 bridgehead atoms. The zero-order chi connectivity index (χ0) is 31.4. The molecule has 0 spiro atoms. The minimum absolute atomic E-state index is 0.0942. The molecule has 0 aliphatic rings. The number of thiazole rings is 1. The first-order valence-corrected chi connectivity index (χ1v) is 16.2.